The molecule has 1 aliphatic rings. The molecule has 23 heavy (non-hydrogen) atoms. The highest BCUT2D eigenvalue weighted by Gasteiger charge is 2.40. The molecule has 0 aliphatic carbocycles. The second kappa shape index (κ2) is 9.85. The van der Waals surface area contributed by atoms with E-state index in [0.717, 1.165) is 25.7 Å². The minimum atomic E-state index is -0.871. The van der Waals surface area contributed by atoms with E-state index in [9.17, 15) is 4.79 Å². The van der Waals surface area contributed by atoms with Crippen molar-refractivity contribution >= 4 is 5.97 Å². The average Bonchev–Trinajstić information content (AvgIpc) is 2.54. The maximum Gasteiger partial charge on any atom is 0.308 e. The molecule has 1 saturated heterocycles. The molecule has 1 fully saturated rings. The molecule has 0 bridgehead atoms. The summed E-state index contributed by atoms with van der Waals surface area (Å²) in [6.45, 7) is 5.85. The van der Waals surface area contributed by atoms with Gasteiger partial charge in [-0.05, 0) is 39.5 Å². The lowest BCUT2D eigenvalue weighted by Gasteiger charge is -2.38. The van der Waals surface area contributed by atoms with E-state index in [4.69, 9.17) is 19.6 Å². The topological polar surface area (TPSA) is 65.0 Å². The highest BCUT2D eigenvalue weighted by Crippen LogP contribution is 2.34. The Morgan fingerprint density at radius 2 is 2.26 bits per heavy atom. The maximum absolute atomic E-state index is 11.0. The predicted octanol–water partition coefficient (Wildman–Crippen LogP) is 4.24. The lowest BCUT2D eigenvalue weighted by Crippen LogP contribution is -2.44. The molecule has 0 saturated carbocycles. The molecule has 5 heteroatoms. The molecule has 0 aromatic carbocycles. The molecule has 3 unspecified atom stereocenters. The molecule has 1 aliphatic heterocycles. The monoisotopic (exact) mass is 326 g/mol. The van der Waals surface area contributed by atoms with Crippen LogP contribution in [0.25, 0.3) is 0 Å². The molecular weight excluding hydrogens is 296 g/mol. The van der Waals surface area contributed by atoms with Crippen LogP contribution in [0.5, 0.6) is 0 Å². The third-order valence-corrected chi connectivity index (χ3v) is 4.29. The Balaban J connectivity index is 2.40. The van der Waals surface area contributed by atoms with Gasteiger partial charge in [0, 0.05) is 20.0 Å². The summed E-state index contributed by atoms with van der Waals surface area (Å²) in [4.78, 5) is 21.7. The van der Waals surface area contributed by atoms with E-state index < -0.39 is 23.8 Å². The lowest BCUT2D eigenvalue weighted by atomic mass is 9.94. The van der Waals surface area contributed by atoms with Crippen LogP contribution in [-0.4, -0.2) is 30.1 Å². The summed E-state index contributed by atoms with van der Waals surface area (Å²) < 4.78 is 5.50. The van der Waals surface area contributed by atoms with Crippen molar-refractivity contribution in [3.05, 3.63) is 23.8 Å². The SMILES string of the molecule is CCC=C(C)C=CCCCC1(OC)CCC(C(C)C(=O)O)OO1. The molecule has 0 spiro atoms. The van der Waals surface area contributed by atoms with Gasteiger partial charge in [0.05, 0.1) is 5.92 Å². The molecular formula is C18H30O5. The molecule has 5 nitrogen and oxygen atoms in total. The van der Waals surface area contributed by atoms with E-state index >= 15 is 0 Å². The fraction of sp³-hybridized carbons (Fsp3) is 0.722. The average molecular weight is 326 g/mol. The van der Waals surface area contributed by atoms with Crippen molar-refractivity contribution in [1.82, 2.24) is 0 Å². The highest BCUT2D eigenvalue weighted by atomic mass is 17.2. The Hall–Kier alpha value is -1.17. The van der Waals surface area contributed by atoms with Gasteiger partial charge >= 0.3 is 5.97 Å². The molecule has 3 atom stereocenters. The minimum absolute atomic E-state index is 0.419. The quantitative estimate of drug-likeness (QED) is 0.390. The summed E-state index contributed by atoms with van der Waals surface area (Å²) in [6.07, 6.45) is 11.0. The highest BCUT2D eigenvalue weighted by molar-refractivity contribution is 5.70. The zero-order valence-electron chi connectivity index (χ0n) is 14.7. The number of aliphatic carboxylic acids is 1. The molecule has 0 aromatic heterocycles. The molecule has 0 radical (unpaired) electrons. The summed E-state index contributed by atoms with van der Waals surface area (Å²) in [5, 5.41) is 9.03. The zero-order valence-corrected chi connectivity index (χ0v) is 14.7. The van der Waals surface area contributed by atoms with E-state index in [1.54, 1.807) is 14.0 Å². The zero-order chi connectivity index (χ0) is 17.3. The van der Waals surface area contributed by atoms with Crippen molar-refractivity contribution in [3.63, 3.8) is 0 Å². The predicted molar refractivity (Wildman–Crippen MR) is 88.8 cm³/mol. The minimum Gasteiger partial charge on any atom is -0.481 e. The van der Waals surface area contributed by atoms with Crippen LogP contribution in [0.4, 0.5) is 0 Å². The number of allylic oxidation sites excluding steroid dienone is 4. The van der Waals surface area contributed by atoms with Crippen LogP contribution in [0.2, 0.25) is 0 Å². The van der Waals surface area contributed by atoms with Crippen molar-refractivity contribution in [2.24, 2.45) is 5.92 Å². The normalized spacial score (nSPS) is 27.3. The van der Waals surface area contributed by atoms with Crippen molar-refractivity contribution in [2.75, 3.05) is 7.11 Å². The largest absolute Gasteiger partial charge is 0.481 e. The van der Waals surface area contributed by atoms with Gasteiger partial charge in [-0.15, -0.1) is 0 Å². The van der Waals surface area contributed by atoms with Crippen LogP contribution in [0.3, 0.4) is 0 Å². The number of hydrogen-bond donors (Lipinski definition) is 1. The first-order chi connectivity index (χ1) is 10.9. The van der Waals surface area contributed by atoms with E-state index in [-0.39, 0.29) is 0 Å². The van der Waals surface area contributed by atoms with Gasteiger partial charge in [0.25, 0.3) is 0 Å². The number of carboxylic acids is 1. The van der Waals surface area contributed by atoms with Crippen LogP contribution in [0.1, 0.15) is 59.3 Å². The Bertz CT molecular complexity index is 419. The third kappa shape index (κ3) is 6.45. The Kier molecular flexibility index (Phi) is 8.52. The second-order valence-corrected chi connectivity index (χ2v) is 6.15. The van der Waals surface area contributed by atoms with Gasteiger partial charge in [-0.25, -0.2) is 9.78 Å². The van der Waals surface area contributed by atoms with Crippen molar-refractivity contribution in [3.8, 4) is 0 Å². The molecule has 1 N–H and O–H groups in total. The summed E-state index contributed by atoms with van der Waals surface area (Å²) in [5.41, 5.74) is 1.27. The number of methoxy groups -OCH3 is 1. The molecule has 1 rings (SSSR count). The van der Waals surface area contributed by atoms with Crippen molar-refractivity contribution in [2.45, 2.75) is 71.2 Å². The number of hydrogen-bond acceptors (Lipinski definition) is 4. The van der Waals surface area contributed by atoms with E-state index in [2.05, 4.69) is 32.1 Å². The van der Waals surface area contributed by atoms with Gasteiger partial charge in [0.1, 0.15) is 6.10 Å². The van der Waals surface area contributed by atoms with E-state index in [0.29, 0.717) is 12.8 Å². The van der Waals surface area contributed by atoms with Gasteiger partial charge in [-0.2, -0.15) is 0 Å². The third-order valence-electron chi connectivity index (χ3n) is 4.29. The summed E-state index contributed by atoms with van der Waals surface area (Å²) in [6, 6.07) is 0. The second-order valence-electron chi connectivity index (χ2n) is 6.15. The lowest BCUT2D eigenvalue weighted by molar-refractivity contribution is -0.469. The number of carbonyl (C=O) groups is 1. The molecule has 0 amide bonds. The van der Waals surface area contributed by atoms with Gasteiger partial charge in [0.2, 0.25) is 5.79 Å². The van der Waals surface area contributed by atoms with Crippen molar-refractivity contribution in [1.29, 1.82) is 0 Å². The van der Waals surface area contributed by atoms with Crippen LogP contribution in [0.15, 0.2) is 23.8 Å². The fourth-order valence-corrected chi connectivity index (χ4v) is 2.65. The maximum atomic E-state index is 11.0. The summed E-state index contributed by atoms with van der Waals surface area (Å²) in [7, 11) is 1.61. The first-order valence-corrected chi connectivity index (χ1v) is 8.40. The Labute approximate surface area is 139 Å². The molecule has 0 aromatic rings. The smallest absolute Gasteiger partial charge is 0.308 e. The Morgan fingerprint density at radius 1 is 1.52 bits per heavy atom. The summed E-state index contributed by atoms with van der Waals surface area (Å²) in [5.74, 6) is -2.21. The van der Waals surface area contributed by atoms with Gasteiger partial charge in [-0.3, -0.25) is 4.79 Å². The number of carboxylic acid groups (broad SMARTS) is 1. The number of ether oxygens (including phenoxy) is 1. The van der Waals surface area contributed by atoms with Crippen LogP contribution < -0.4 is 0 Å². The van der Waals surface area contributed by atoms with Crippen LogP contribution >= 0.6 is 0 Å². The van der Waals surface area contributed by atoms with Crippen LogP contribution in [-0.2, 0) is 19.3 Å². The van der Waals surface area contributed by atoms with E-state index in [1.807, 2.05) is 0 Å². The molecule has 132 valence electrons. The van der Waals surface area contributed by atoms with Gasteiger partial charge in [-0.1, -0.05) is 30.7 Å². The molecule has 1 heterocycles. The standard InChI is InChI=1S/C18H30O5/c1-5-9-14(2)10-7-6-8-12-18(21-4)13-11-16(22-23-18)15(3)17(19)20/h7,9-10,15-16H,5-6,8,11-13H2,1-4H3,(H,19,20). The number of unbranched alkanes of at least 4 members (excludes halogenated alkanes) is 1. The Morgan fingerprint density at radius 3 is 2.78 bits per heavy atom. The first-order valence-electron chi connectivity index (χ1n) is 8.40. The van der Waals surface area contributed by atoms with Gasteiger partial charge < -0.3 is 9.84 Å². The fourth-order valence-electron chi connectivity index (χ4n) is 2.65. The number of rotatable bonds is 9. The van der Waals surface area contributed by atoms with Crippen LogP contribution in [0, 0.1) is 5.92 Å². The van der Waals surface area contributed by atoms with E-state index in [1.165, 1.54) is 5.57 Å². The van der Waals surface area contributed by atoms with Gasteiger partial charge in [0.15, 0.2) is 0 Å². The first kappa shape index (κ1) is 19.9. The van der Waals surface area contributed by atoms with Crippen molar-refractivity contribution < 1.29 is 24.4 Å². The summed E-state index contributed by atoms with van der Waals surface area (Å²) >= 11 is 0.